The molecule has 1 aromatic heterocycles. The molecule has 37 heavy (non-hydrogen) atoms. The topological polar surface area (TPSA) is 108 Å². The van der Waals surface area contributed by atoms with Gasteiger partial charge in [0.1, 0.15) is 5.82 Å². The molecule has 7 nitrogen and oxygen atoms in total. The van der Waals surface area contributed by atoms with Gasteiger partial charge in [-0.3, -0.25) is 19.1 Å². The van der Waals surface area contributed by atoms with Crippen LogP contribution in [-0.2, 0) is 28.6 Å². The molecule has 1 aliphatic carbocycles. The van der Waals surface area contributed by atoms with Crippen molar-refractivity contribution in [2.24, 2.45) is 5.92 Å². The number of nitrogens with one attached hydrogen (secondary N) is 2. The van der Waals surface area contributed by atoms with Gasteiger partial charge in [0, 0.05) is 23.2 Å². The zero-order valence-corrected chi connectivity index (χ0v) is 22.0. The summed E-state index contributed by atoms with van der Waals surface area (Å²) in [5, 5.41) is 16.7. The van der Waals surface area contributed by atoms with Crippen LogP contribution in [-0.4, -0.2) is 31.9 Å². The average Bonchev–Trinajstić information content (AvgIpc) is 3.33. The number of carboxylic acids is 1. The Bertz CT molecular complexity index is 1260. The molecule has 3 N–H and O–H groups in total. The number of aromatic nitrogens is 1. The number of aliphatic carboxylic acids is 1. The van der Waals surface area contributed by atoms with Crippen molar-refractivity contribution in [1.29, 1.82) is 0 Å². The maximum Gasteiger partial charge on any atom is 0.309 e. The van der Waals surface area contributed by atoms with Gasteiger partial charge in [-0.1, -0.05) is 44.2 Å². The minimum atomic E-state index is -1.29. The predicted octanol–water partition coefficient (Wildman–Crippen LogP) is 5.85. The number of amides is 1. The number of carbonyl (C=O) groups excluding carboxylic acids is 1. The molecule has 0 radical (unpaired) electrons. The molecule has 3 aromatic rings. The number of hydrogen-bond acceptors (Lipinski definition) is 6. The number of halogens is 1. The van der Waals surface area contributed by atoms with Crippen molar-refractivity contribution >= 4 is 44.8 Å². The molecule has 1 heterocycles. The van der Waals surface area contributed by atoms with E-state index in [2.05, 4.69) is 15.6 Å². The fraction of sp³-hybridized carbons (Fsp3) is 0.370. The standard InChI is InChI=1S/C27H30FN3O4S2/c28-21-10-11-23(24(14-21)37(35)13-12-18-4-2-1-3-5-18)29-16-19-6-8-20(9-7-19)26(34)31-27-30-22(17-36-27)15-25(32)33/h6-11,14,17-18,29H,1-5,12-13,15-16H2,(H,32,33)(H,30,31,34). The molecule has 0 spiro atoms. The molecule has 1 saturated carbocycles. The van der Waals surface area contributed by atoms with Crippen molar-refractivity contribution in [1.82, 2.24) is 4.98 Å². The monoisotopic (exact) mass is 543 g/mol. The summed E-state index contributed by atoms with van der Waals surface area (Å²) in [4.78, 5) is 27.9. The lowest BCUT2D eigenvalue weighted by molar-refractivity contribution is -0.136. The number of thiazole rings is 1. The predicted molar refractivity (Wildman–Crippen MR) is 144 cm³/mol. The van der Waals surface area contributed by atoms with Crippen molar-refractivity contribution in [2.75, 3.05) is 16.4 Å². The highest BCUT2D eigenvalue weighted by Crippen LogP contribution is 2.28. The second kappa shape index (κ2) is 12.9. The van der Waals surface area contributed by atoms with Crippen LogP contribution in [0.1, 0.15) is 60.1 Å². The molecule has 1 atom stereocenters. The Balaban J connectivity index is 1.33. The van der Waals surface area contributed by atoms with E-state index in [1.807, 2.05) is 12.1 Å². The first-order valence-electron chi connectivity index (χ1n) is 12.4. The molecule has 1 unspecified atom stereocenters. The van der Waals surface area contributed by atoms with E-state index in [-0.39, 0.29) is 12.3 Å². The summed E-state index contributed by atoms with van der Waals surface area (Å²) >= 11 is 1.17. The molecular weight excluding hydrogens is 513 g/mol. The van der Waals surface area contributed by atoms with Gasteiger partial charge in [-0.05, 0) is 48.2 Å². The Morgan fingerprint density at radius 2 is 1.86 bits per heavy atom. The average molecular weight is 544 g/mol. The number of benzene rings is 2. The van der Waals surface area contributed by atoms with Crippen LogP contribution in [0.25, 0.3) is 0 Å². The largest absolute Gasteiger partial charge is 0.481 e. The smallest absolute Gasteiger partial charge is 0.309 e. The first-order chi connectivity index (χ1) is 17.9. The molecule has 10 heteroatoms. The van der Waals surface area contributed by atoms with Gasteiger partial charge in [0.15, 0.2) is 5.13 Å². The number of carboxylic acid groups (broad SMARTS) is 1. The highest BCUT2D eigenvalue weighted by atomic mass is 32.2. The second-order valence-electron chi connectivity index (χ2n) is 9.20. The zero-order chi connectivity index (χ0) is 26.2. The van der Waals surface area contributed by atoms with E-state index in [0.29, 0.717) is 45.2 Å². The van der Waals surface area contributed by atoms with Gasteiger partial charge < -0.3 is 10.4 Å². The van der Waals surface area contributed by atoms with Crippen molar-refractivity contribution < 1.29 is 23.3 Å². The normalized spacial score (nSPS) is 14.7. The Labute approximate surface area is 222 Å². The summed E-state index contributed by atoms with van der Waals surface area (Å²) in [6.45, 7) is 0.422. The Hall–Kier alpha value is -3.11. The number of anilines is 2. The fourth-order valence-electron chi connectivity index (χ4n) is 4.43. The maximum absolute atomic E-state index is 14.0. The summed E-state index contributed by atoms with van der Waals surface area (Å²) in [5.41, 5.74) is 2.37. The fourth-order valence-corrected chi connectivity index (χ4v) is 6.53. The van der Waals surface area contributed by atoms with Crippen LogP contribution in [0.2, 0.25) is 0 Å². The number of hydrogen-bond donors (Lipinski definition) is 3. The van der Waals surface area contributed by atoms with Gasteiger partial charge in [-0.2, -0.15) is 0 Å². The zero-order valence-electron chi connectivity index (χ0n) is 20.4. The maximum atomic E-state index is 14.0. The minimum absolute atomic E-state index is 0.196. The van der Waals surface area contributed by atoms with Crippen LogP contribution < -0.4 is 10.6 Å². The lowest BCUT2D eigenvalue weighted by Gasteiger charge is -2.21. The molecule has 0 bridgehead atoms. The molecule has 1 amide bonds. The summed E-state index contributed by atoms with van der Waals surface area (Å²) in [6.07, 6.45) is 6.84. The second-order valence-corrected chi connectivity index (χ2v) is 11.6. The lowest BCUT2D eigenvalue weighted by atomic mass is 9.88. The molecule has 0 saturated heterocycles. The highest BCUT2D eigenvalue weighted by Gasteiger charge is 2.17. The third kappa shape index (κ3) is 7.93. The summed E-state index contributed by atoms with van der Waals surface area (Å²) in [5.74, 6) is -0.586. The van der Waals surface area contributed by atoms with E-state index in [1.54, 1.807) is 23.6 Å². The van der Waals surface area contributed by atoms with Crippen LogP contribution in [0.5, 0.6) is 0 Å². The Kier molecular flexibility index (Phi) is 9.40. The lowest BCUT2D eigenvalue weighted by Crippen LogP contribution is -2.12. The Morgan fingerprint density at radius 1 is 1.11 bits per heavy atom. The van der Waals surface area contributed by atoms with Crippen LogP contribution in [0, 0.1) is 11.7 Å². The molecule has 1 fully saturated rings. The van der Waals surface area contributed by atoms with E-state index < -0.39 is 22.6 Å². The first kappa shape index (κ1) is 26.9. The van der Waals surface area contributed by atoms with Gasteiger partial charge in [-0.15, -0.1) is 11.3 Å². The van der Waals surface area contributed by atoms with E-state index in [0.717, 1.165) is 12.0 Å². The SMILES string of the molecule is O=C(O)Cc1csc(NC(=O)c2ccc(CNc3ccc(F)cc3S(=O)CCC3CCCCC3)cc2)n1. The third-order valence-corrected chi connectivity index (χ3v) is 8.67. The molecule has 4 rings (SSSR count). The molecule has 196 valence electrons. The van der Waals surface area contributed by atoms with Crippen LogP contribution in [0.3, 0.4) is 0 Å². The van der Waals surface area contributed by atoms with Gasteiger partial charge in [0.05, 0.1) is 33.5 Å². The highest BCUT2D eigenvalue weighted by molar-refractivity contribution is 7.85. The molecular formula is C27H30FN3O4S2. The van der Waals surface area contributed by atoms with E-state index in [9.17, 15) is 18.2 Å². The van der Waals surface area contributed by atoms with Gasteiger partial charge in [-0.25, -0.2) is 9.37 Å². The molecule has 0 aliphatic heterocycles. The van der Waals surface area contributed by atoms with E-state index in [1.165, 1.54) is 55.6 Å². The summed E-state index contributed by atoms with van der Waals surface area (Å²) < 4.78 is 27.0. The number of carbonyl (C=O) groups is 2. The van der Waals surface area contributed by atoms with Crippen LogP contribution in [0.4, 0.5) is 15.2 Å². The molecule has 2 aromatic carbocycles. The quantitative estimate of drug-likeness (QED) is 0.280. The van der Waals surface area contributed by atoms with Crippen LogP contribution >= 0.6 is 11.3 Å². The summed E-state index contributed by atoms with van der Waals surface area (Å²) in [6, 6.07) is 11.3. The third-order valence-electron chi connectivity index (χ3n) is 6.43. The van der Waals surface area contributed by atoms with Gasteiger partial charge in [0.2, 0.25) is 0 Å². The molecule has 1 aliphatic rings. The number of nitrogens with zero attached hydrogens (tertiary/aromatic N) is 1. The van der Waals surface area contributed by atoms with Crippen molar-refractivity contribution in [2.45, 2.75) is 56.4 Å². The minimum Gasteiger partial charge on any atom is -0.481 e. The van der Waals surface area contributed by atoms with Crippen LogP contribution in [0.15, 0.2) is 52.7 Å². The van der Waals surface area contributed by atoms with Crippen molar-refractivity contribution in [3.8, 4) is 0 Å². The van der Waals surface area contributed by atoms with Gasteiger partial charge >= 0.3 is 5.97 Å². The van der Waals surface area contributed by atoms with E-state index >= 15 is 0 Å². The van der Waals surface area contributed by atoms with Crippen molar-refractivity contribution in [3.63, 3.8) is 0 Å². The Morgan fingerprint density at radius 3 is 2.59 bits per heavy atom. The van der Waals surface area contributed by atoms with Crippen molar-refractivity contribution in [3.05, 3.63) is 70.5 Å². The first-order valence-corrected chi connectivity index (χ1v) is 14.6. The van der Waals surface area contributed by atoms with Gasteiger partial charge in [0.25, 0.3) is 5.91 Å². The number of rotatable bonds is 11. The van der Waals surface area contributed by atoms with E-state index in [4.69, 9.17) is 5.11 Å². The summed E-state index contributed by atoms with van der Waals surface area (Å²) in [7, 11) is -1.29.